The standard InChI is InChI=1S/C15H14O3/c16-14(15(17)18)10-11-6-8-13(9-7-11)12-4-2-1-3-5-12/h1-9,14,16H,10H2,(H,17,18). The number of aliphatic carboxylic acids is 1. The van der Waals surface area contributed by atoms with E-state index in [0.717, 1.165) is 16.7 Å². The van der Waals surface area contributed by atoms with Gasteiger partial charge in [0.25, 0.3) is 0 Å². The van der Waals surface area contributed by atoms with Crippen molar-refractivity contribution in [3.63, 3.8) is 0 Å². The van der Waals surface area contributed by atoms with Crippen LogP contribution in [0.25, 0.3) is 11.1 Å². The van der Waals surface area contributed by atoms with Gasteiger partial charge in [-0.15, -0.1) is 0 Å². The van der Waals surface area contributed by atoms with Gasteiger partial charge in [-0.1, -0.05) is 54.6 Å². The molecule has 0 aliphatic heterocycles. The van der Waals surface area contributed by atoms with E-state index in [9.17, 15) is 9.90 Å². The summed E-state index contributed by atoms with van der Waals surface area (Å²) in [5.74, 6) is -1.19. The lowest BCUT2D eigenvalue weighted by Crippen LogP contribution is -2.21. The van der Waals surface area contributed by atoms with Gasteiger partial charge >= 0.3 is 5.97 Å². The number of aliphatic hydroxyl groups excluding tert-OH is 1. The van der Waals surface area contributed by atoms with Crippen molar-refractivity contribution in [1.82, 2.24) is 0 Å². The average molecular weight is 242 g/mol. The quantitative estimate of drug-likeness (QED) is 0.865. The number of aliphatic hydroxyl groups is 1. The molecule has 2 rings (SSSR count). The smallest absolute Gasteiger partial charge is 0.332 e. The minimum atomic E-state index is -1.34. The molecule has 1 unspecified atom stereocenters. The summed E-state index contributed by atoms with van der Waals surface area (Å²) in [6.45, 7) is 0. The van der Waals surface area contributed by atoms with E-state index in [2.05, 4.69) is 0 Å². The Morgan fingerprint density at radius 3 is 2.06 bits per heavy atom. The molecule has 0 radical (unpaired) electrons. The molecule has 92 valence electrons. The average Bonchev–Trinajstić information content (AvgIpc) is 2.40. The molecule has 0 fully saturated rings. The summed E-state index contributed by atoms with van der Waals surface area (Å²) in [5, 5.41) is 17.9. The third-order valence-corrected chi connectivity index (χ3v) is 2.78. The Morgan fingerprint density at radius 1 is 0.944 bits per heavy atom. The first-order valence-corrected chi connectivity index (χ1v) is 5.72. The van der Waals surface area contributed by atoms with Crippen LogP contribution in [0.3, 0.4) is 0 Å². The van der Waals surface area contributed by atoms with Gasteiger partial charge in [0.05, 0.1) is 0 Å². The molecule has 2 aromatic carbocycles. The first-order chi connectivity index (χ1) is 8.66. The van der Waals surface area contributed by atoms with Crippen LogP contribution in [0.4, 0.5) is 0 Å². The molecule has 0 bridgehead atoms. The number of benzene rings is 2. The van der Waals surface area contributed by atoms with Crippen molar-refractivity contribution < 1.29 is 15.0 Å². The highest BCUT2D eigenvalue weighted by atomic mass is 16.4. The molecule has 0 heterocycles. The van der Waals surface area contributed by atoms with Crippen LogP contribution < -0.4 is 0 Å². The van der Waals surface area contributed by atoms with Crippen LogP contribution in [0.15, 0.2) is 54.6 Å². The molecular weight excluding hydrogens is 228 g/mol. The molecular formula is C15H14O3. The van der Waals surface area contributed by atoms with E-state index in [0.29, 0.717) is 0 Å². The van der Waals surface area contributed by atoms with Crippen LogP contribution in [-0.4, -0.2) is 22.3 Å². The minimum Gasteiger partial charge on any atom is -0.479 e. The largest absolute Gasteiger partial charge is 0.479 e. The molecule has 1 atom stereocenters. The lowest BCUT2D eigenvalue weighted by molar-refractivity contribution is -0.146. The Kier molecular flexibility index (Phi) is 3.75. The fourth-order valence-electron chi connectivity index (χ4n) is 1.77. The number of carbonyl (C=O) groups is 1. The lowest BCUT2D eigenvalue weighted by atomic mass is 10.0. The van der Waals surface area contributed by atoms with Gasteiger partial charge in [0, 0.05) is 6.42 Å². The summed E-state index contributed by atoms with van der Waals surface area (Å²) in [4.78, 5) is 10.5. The lowest BCUT2D eigenvalue weighted by Gasteiger charge is -2.07. The van der Waals surface area contributed by atoms with Gasteiger partial charge in [0.1, 0.15) is 0 Å². The Balaban J connectivity index is 2.13. The van der Waals surface area contributed by atoms with Crippen molar-refractivity contribution in [1.29, 1.82) is 0 Å². The maximum Gasteiger partial charge on any atom is 0.332 e. The van der Waals surface area contributed by atoms with Gasteiger partial charge in [-0.2, -0.15) is 0 Å². The molecule has 0 aliphatic carbocycles. The molecule has 3 nitrogen and oxygen atoms in total. The van der Waals surface area contributed by atoms with Crippen molar-refractivity contribution in [2.75, 3.05) is 0 Å². The van der Waals surface area contributed by atoms with Crippen LogP contribution in [0.1, 0.15) is 5.56 Å². The van der Waals surface area contributed by atoms with Gasteiger partial charge < -0.3 is 10.2 Å². The fourth-order valence-corrected chi connectivity index (χ4v) is 1.77. The first kappa shape index (κ1) is 12.3. The molecule has 3 heteroatoms. The van der Waals surface area contributed by atoms with E-state index >= 15 is 0 Å². The third-order valence-electron chi connectivity index (χ3n) is 2.78. The highest BCUT2D eigenvalue weighted by Gasteiger charge is 2.13. The maximum absolute atomic E-state index is 10.5. The van der Waals surface area contributed by atoms with Crippen LogP contribution in [0.2, 0.25) is 0 Å². The summed E-state index contributed by atoms with van der Waals surface area (Å²) >= 11 is 0. The highest BCUT2D eigenvalue weighted by Crippen LogP contribution is 2.19. The molecule has 2 N–H and O–H groups in total. The van der Waals surface area contributed by atoms with Gasteiger partial charge in [-0.05, 0) is 16.7 Å². The van der Waals surface area contributed by atoms with Crippen molar-refractivity contribution in [3.05, 3.63) is 60.2 Å². The van der Waals surface area contributed by atoms with Crippen LogP contribution >= 0.6 is 0 Å². The zero-order chi connectivity index (χ0) is 13.0. The maximum atomic E-state index is 10.5. The van der Waals surface area contributed by atoms with Crippen LogP contribution in [0.5, 0.6) is 0 Å². The molecule has 0 saturated carbocycles. The molecule has 0 spiro atoms. The van der Waals surface area contributed by atoms with Crippen molar-refractivity contribution in [3.8, 4) is 11.1 Å². The third kappa shape index (κ3) is 2.96. The van der Waals surface area contributed by atoms with Gasteiger partial charge in [0.2, 0.25) is 0 Å². The van der Waals surface area contributed by atoms with E-state index < -0.39 is 12.1 Å². The number of rotatable bonds is 4. The zero-order valence-electron chi connectivity index (χ0n) is 9.78. The summed E-state index contributed by atoms with van der Waals surface area (Å²) in [5.41, 5.74) is 3.00. The van der Waals surface area contributed by atoms with Crippen molar-refractivity contribution in [2.45, 2.75) is 12.5 Å². The van der Waals surface area contributed by atoms with Crippen LogP contribution in [-0.2, 0) is 11.2 Å². The normalized spacial score (nSPS) is 12.1. The van der Waals surface area contributed by atoms with E-state index in [1.54, 1.807) is 0 Å². The Hall–Kier alpha value is -2.13. The number of hydrogen-bond acceptors (Lipinski definition) is 2. The fraction of sp³-hybridized carbons (Fsp3) is 0.133. The second-order valence-corrected chi connectivity index (χ2v) is 4.12. The van der Waals surface area contributed by atoms with E-state index in [1.165, 1.54) is 0 Å². The second kappa shape index (κ2) is 5.47. The number of hydrogen-bond donors (Lipinski definition) is 2. The summed E-state index contributed by atoms with van der Waals surface area (Å²) < 4.78 is 0. The Morgan fingerprint density at radius 2 is 1.50 bits per heavy atom. The zero-order valence-corrected chi connectivity index (χ0v) is 9.78. The SMILES string of the molecule is O=C(O)C(O)Cc1ccc(-c2ccccc2)cc1. The van der Waals surface area contributed by atoms with Crippen molar-refractivity contribution >= 4 is 5.97 Å². The monoisotopic (exact) mass is 242 g/mol. The Labute approximate surface area is 105 Å². The van der Waals surface area contributed by atoms with Crippen LogP contribution in [0, 0.1) is 0 Å². The molecule has 18 heavy (non-hydrogen) atoms. The van der Waals surface area contributed by atoms with E-state index in [1.807, 2.05) is 54.6 Å². The van der Waals surface area contributed by atoms with E-state index in [4.69, 9.17) is 5.11 Å². The van der Waals surface area contributed by atoms with E-state index in [-0.39, 0.29) is 6.42 Å². The highest BCUT2D eigenvalue weighted by molar-refractivity contribution is 5.72. The van der Waals surface area contributed by atoms with Gasteiger partial charge in [-0.25, -0.2) is 4.79 Å². The summed E-state index contributed by atoms with van der Waals surface area (Å²) in [6, 6.07) is 17.5. The second-order valence-electron chi connectivity index (χ2n) is 4.12. The Bertz CT molecular complexity index is 517. The molecule has 0 aliphatic rings. The molecule has 0 amide bonds. The topological polar surface area (TPSA) is 57.5 Å². The van der Waals surface area contributed by atoms with Crippen molar-refractivity contribution in [2.24, 2.45) is 0 Å². The molecule has 2 aromatic rings. The van der Waals surface area contributed by atoms with Gasteiger partial charge in [-0.3, -0.25) is 0 Å². The first-order valence-electron chi connectivity index (χ1n) is 5.72. The van der Waals surface area contributed by atoms with Gasteiger partial charge in [0.15, 0.2) is 6.10 Å². The predicted octanol–water partition coefficient (Wildman–Crippen LogP) is 2.34. The minimum absolute atomic E-state index is 0.129. The predicted molar refractivity (Wildman–Crippen MR) is 69.2 cm³/mol. The molecule has 0 aromatic heterocycles. The summed E-state index contributed by atoms with van der Waals surface area (Å²) in [6.07, 6.45) is -1.21. The number of carboxylic acid groups (broad SMARTS) is 1. The number of carboxylic acids is 1. The summed E-state index contributed by atoms with van der Waals surface area (Å²) in [7, 11) is 0. The molecule has 0 saturated heterocycles.